The molecule has 0 saturated heterocycles. The Hall–Kier alpha value is -1.25. The van der Waals surface area contributed by atoms with Gasteiger partial charge in [-0.05, 0) is 37.0 Å². The molecular weight excluding hydrogens is 222 g/mol. The first-order valence-corrected chi connectivity index (χ1v) is 6.07. The number of benzene rings is 1. The Morgan fingerprint density at radius 1 is 1.24 bits per heavy atom. The lowest BCUT2D eigenvalue weighted by molar-refractivity contribution is 0.0868. The minimum Gasteiger partial charge on any atom is -0.294 e. The Labute approximate surface area is 99.8 Å². The fourth-order valence-electron chi connectivity index (χ4n) is 2.56. The van der Waals surface area contributed by atoms with E-state index in [1.54, 1.807) is 0 Å². The second-order valence-electron chi connectivity index (χ2n) is 4.96. The van der Waals surface area contributed by atoms with Crippen LogP contribution in [0.3, 0.4) is 0 Å². The molecule has 0 bridgehead atoms. The summed E-state index contributed by atoms with van der Waals surface area (Å²) in [7, 11) is 0. The van der Waals surface area contributed by atoms with Crippen molar-refractivity contribution in [2.45, 2.75) is 32.6 Å². The summed E-state index contributed by atoms with van der Waals surface area (Å²) in [6, 6.07) is 3.41. The van der Waals surface area contributed by atoms with Gasteiger partial charge in [0, 0.05) is 11.5 Å². The zero-order valence-corrected chi connectivity index (χ0v) is 9.88. The molecule has 1 aromatic carbocycles. The Bertz CT molecular complexity index is 428. The number of hydrogen-bond donors (Lipinski definition) is 0. The molecule has 92 valence electrons. The largest absolute Gasteiger partial charge is 0.294 e. The number of hydrogen-bond acceptors (Lipinski definition) is 1. The van der Waals surface area contributed by atoms with E-state index in [0.29, 0.717) is 11.5 Å². The lowest BCUT2D eigenvalue weighted by atomic mass is 9.79. The van der Waals surface area contributed by atoms with E-state index in [2.05, 4.69) is 6.92 Å². The van der Waals surface area contributed by atoms with Crippen LogP contribution < -0.4 is 0 Å². The molecule has 0 heterocycles. The molecule has 1 aliphatic rings. The standard InChI is InChI=1S/C14H16F2O/c1-9-3-2-4-10(7-9)14(17)11-5-6-12(15)13(16)8-11/h5-6,8-10H,2-4,7H2,1H3. The van der Waals surface area contributed by atoms with Gasteiger partial charge in [0.1, 0.15) is 0 Å². The van der Waals surface area contributed by atoms with Crippen LogP contribution in [0.4, 0.5) is 8.78 Å². The molecule has 3 heteroatoms. The normalized spacial score (nSPS) is 24.6. The number of ketones is 1. The first-order valence-electron chi connectivity index (χ1n) is 6.07. The van der Waals surface area contributed by atoms with E-state index in [1.165, 1.54) is 6.07 Å². The average Bonchev–Trinajstić information content (AvgIpc) is 2.32. The molecular formula is C14H16F2O. The van der Waals surface area contributed by atoms with Crippen LogP contribution >= 0.6 is 0 Å². The molecule has 0 amide bonds. The second kappa shape index (κ2) is 4.94. The van der Waals surface area contributed by atoms with E-state index in [0.717, 1.165) is 37.8 Å². The minimum atomic E-state index is -0.945. The number of carbonyl (C=O) groups excluding carboxylic acids is 1. The van der Waals surface area contributed by atoms with Gasteiger partial charge in [-0.25, -0.2) is 8.78 Å². The average molecular weight is 238 g/mol. The number of Topliss-reactive ketones (excluding diaryl/α,β-unsaturated/α-hetero) is 1. The van der Waals surface area contributed by atoms with Crippen LogP contribution in [-0.2, 0) is 0 Å². The highest BCUT2D eigenvalue weighted by atomic mass is 19.2. The van der Waals surface area contributed by atoms with Gasteiger partial charge in [0.25, 0.3) is 0 Å². The Balaban J connectivity index is 2.15. The maximum Gasteiger partial charge on any atom is 0.166 e. The molecule has 1 aliphatic carbocycles. The molecule has 1 aromatic rings. The van der Waals surface area contributed by atoms with Crippen LogP contribution in [0, 0.1) is 23.5 Å². The molecule has 17 heavy (non-hydrogen) atoms. The molecule has 0 N–H and O–H groups in total. The summed E-state index contributed by atoms with van der Waals surface area (Å²) in [6.45, 7) is 2.13. The van der Waals surface area contributed by atoms with Crippen LogP contribution in [0.1, 0.15) is 43.0 Å². The quantitative estimate of drug-likeness (QED) is 0.712. The van der Waals surface area contributed by atoms with Crippen LogP contribution in [0.2, 0.25) is 0 Å². The molecule has 1 saturated carbocycles. The van der Waals surface area contributed by atoms with Crippen molar-refractivity contribution < 1.29 is 13.6 Å². The Morgan fingerprint density at radius 3 is 2.65 bits per heavy atom. The monoisotopic (exact) mass is 238 g/mol. The third-order valence-corrected chi connectivity index (χ3v) is 3.51. The summed E-state index contributed by atoms with van der Waals surface area (Å²) in [5.74, 6) is -1.37. The summed E-state index contributed by atoms with van der Waals surface area (Å²) in [4.78, 5) is 12.1. The van der Waals surface area contributed by atoms with Crippen molar-refractivity contribution in [2.75, 3.05) is 0 Å². The molecule has 1 nitrogen and oxygen atoms in total. The molecule has 2 rings (SSSR count). The van der Waals surface area contributed by atoms with E-state index in [9.17, 15) is 13.6 Å². The molecule has 0 spiro atoms. The number of halogens is 2. The lowest BCUT2D eigenvalue weighted by Crippen LogP contribution is -2.22. The summed E-state index contributed by atoms with van der Waals surface area (Å²) in [6.07, 6.45) is 3.92. The van der Waals surface area contributed by atoms with Crippen LogP contribution in [0.15, 0.2) is 18.2 Å². The van der Waals surface area contributed by atoms with E-state index in [1.807, 2.05) is 0 Å². The maximum absolute atomic E-state index is 13.1. The summed E-state index contributed by atoms with van der Waals surface area (Å²) in [5, 5.41) is 0. The van der Waals surface area contributed by atoms with Gasteiger partial charge in [0.05, 0.1) is 0 Å². The molecule has 1 fully saturated rings. The first-order chi connectivity index (χ1) is 8.08. The van der Waals surface area contributed by atoms with E-state index < -0.39 is 11.6 Å². The van der Waals surface area contributed by atoms with Crippen molar-refractivity contribution in [3.8, 4) is 0 Å². The predicted octanol–water partition coefficient (Wildman–Crippen LogP) is 3.97. The molecule has 0 aliphatic heterocycles. The highest BCUT2D eigenvalue weighted by Gasteiger charge is 2.26. The maximum atomic E-state index is 13.1. The van der Waals surface area contributed by atoms with Crippen molar-refractivity contribution in [2.24, 2.45) is 11.8 Å². The summed E-state index contributed by atoms with van der Waals surface area (Å²) < 4.78 is 25.8. The zero-order chi connectivity index (χ0) is 12.4. The molecule has 0 aromatic heterocycles. The van der Waals surface area contributed by atoms with E-state index in [4.69, 9.17) is 0 Å². The smallest absolute Gasteiger partial charge is 0.166 e. The Kier molecular flexibility index (Phi) is 3.55. The van der Waals surface area contributed by atoms with Crippen LogP contribution in [0.5, 0.6) is 0 Å². The van der Waals surface area contributed by atoms with Gasteiger partial charge in [-0.3, -0.25) is 4.79 Å². The highest BCUT2D eigenvalue weighted by molar-refractivity contribution is 5.97. The van der Waals surface area contributed by atoms with Gasteiger partial charge in [-0.2, -0.15) is 0 Å². The lowest BCUT2D eigenvalue weighted by Gasteiger charge is -2.25. The van der Waals surface area contributed by atoms with Gasteiger partial charge >= 0.3 is 0 Å². The van der Waals surface area contributed by atoms with E-state index >= 15 is 0 Å². The molecule has 2 atom stereocenters. The van der Waals surface area contributed by atoms with Gasteiger partial charge in [-0.15, -0.1) is 0 Å². The van der Waals surface area contributed by atoms with Gasteiger partial charge in [-0.1, -0.05) is 19.8 Å². The minimum absolute atomic E-state index is 0.0244. The van der Waals surface area contributed by atoms with Crippen molar-refractivity contribution in [1.29, 1.82) is 0 Å². The summed E-state index contributed by atoms with van der Waals surface area (Å²) in [5.41, 5.74) is 0.294. The molecule has 2 unspecified atom stereocenters. The topological polar surface area (TPSA) is 17.1 Å². The van der Waals surface area contributed by atoms with E-state index in [-0.39, 0.29) is 11.7 Å². The van der Waals surface area contributed by atoms with Crippen LogP contribution in [-0.4, -0.2) is 5.78 Å². The van der Waals surface area contributed by atoms with Crippen LogP contribution in [0.25, 0.3) is 0 Å². The Morgan fingerprint density at radius 2 is 2.00 bits per heavy atom. The highest BCUT2D eigenvalue weighted by Crippen LogP contribution is 2.31. The SMILES string of the molecule is CC1CCCC(C(=O)c2ccc(F)c(F)c2)C1. The number of rotatable bonds is 2. The third-order valence-electron chi connectivity index (χ3n) is 3.51. The predicted molar refractivity (Wildman–Crippen MR) is 61.8 cm³/mol. The fourth-order valence-corrected chi connectivity index (χ4v) is 2.56. The third kappa shape index (κ3) is 2.71. The first kappa shape index (κ1) is 12.2. The van der Waals surface area contributed by atoms with Gasteiger partial charge in [0.2, 0.25) is 0 Å². The summed E-state index contributed by atoms with van der Waals surface area (Å²) >= 11 is 0. The second-order valence-corrected chi connectivity index (χ2v) is 4.96. The van der Waals surface area contributed by atoms with Crippen molar-refractivity contribution in [1.82, 2.24) is 0 Å². The fraction of sp³-hybridized carbons (Fsp3) is 0.500. The van der Waals surface area contributed by atoms with Crippen molar-refractivity contribution in [3.05, 3.63) is 35.4 Å². The van der Waals surface area contributed by atoms with Gasteiger partial charge < -0.3 is 0 Å². The zero-order valence-electron chi connectivity index (χ0n) is 9.88. The van der Waals surface area contributed by atoms with Crippen molar-refractivity contribution >= 4 is 5.78 Å². The number of carbonyl (C=O) groups is 1. The van der Waals surface area contributed by atoms with Gasteiger partial charge in [0.15, 0.2) is 17.4 Å². The van der Waals surface area contributed by atoms with Crippen molar-refractivity contribution in [3.63, 3.8) is 0 Å². The molecule has 0 radical (unpaired) electrons.